The van der Waals surface area contributed by atoms with Crippen molar-refractivity contribution in [3.63, 3.8) is 0 Å². The summed E-state index contributed by atoms with van der Waals surface area (Å²) >= 11 is 1.49. The summed E-state index contributed by atoms with van der Waals surface area (Å²) in [5.41, 5.74) is 3.70. The Kier molecular flexibility index (Phi) is 6.34. The summed E-state index contributed by atoms with van der Waals surface area (Å²) in [4.78, 5) is 20.7. The molecule has 1 aromatic heterocycles. The molecule has 1 aliphatic rings. The summed E-state index contributed by atoms with van der Waals surface area (Å²) in [6.07, 6.45) is 0. The maximum absolute atomic E-state index is 11.2. The van der Waals surface area contributed by atoms with Crippen LogP contribution >= 0.6 is 11.3 Å². The lowest BCUT2D eigenvalue weighted by Crippen LogP contribution is -2.47. The van der Waals surface area contributed by atoms with E-state index in [-0.39, 0.29) is 11.9 Å². The van der Waals surface area contributed by atoms with Gasteiger partial charge in [-0.1, -0.05) is 60.7 Å². The third-order valence-corrected chi connectivity index (χ3v) is 6.03. The van der Waals surface area contributed by atoms with E-state index in [0.29, 0.717) is 5.13 Å². The lowest BCUT2D eigenvalue weighted by atomic mass is 9.96. The monoisotopic (exact) mass is 406 g/mol. The van der Waals surface area contributed by atoms with Gasteiger partial charge in [-0.2, -0.15) is 0 Å². The highest BCUT2D eigenvalue weighted by Gasteiger charge is 2.26. The number of carbonyl (C=O) groups is 1. The molecular formula is C23H26N4OS. The Hall–Kier alpha value is -2.54. The second kappa shape index (κ2) is 9.31. The highest BCUT2D eigenvalue weighted by atomic mass is 32.1. The number of benzene rings is 2. The Morgan fingerprint density at radius 3 is 2.14 bits per heavy atom. The summed E-state index contributed by atoms with van der Waals surface area (Å²) in [6.45, 7) is 6.36. The number of amides is 1. The molecule has 4 rings (SSSR count). The smallest absolute Gasteiger partial charge is 0.223 e. The van der Waals surface area contributed by atoms with Gasteiger partial charge in [0.1, 0.15) is 0 Å². The zero-order chi connectivity index (χ0) is 20.1. The first-order valence-electron chi connectivity index (χ1n) is 9.97. The second-order valence-electron chi connectivity index (χ2n) is 7.36. The van der Waals surface area contributed by atoms with E-state index >= 15 is 0 Å². The second-order valence-corrected chi connectivity index (χ2v) is 8.22. The largest absolute Gasteiger partial charge is 0.302 e. The lowest BCUT2D eigenvalue weighted by Gasteiger charge is -2.39. The van der Waals surface area contributed by atoms with Gasteiger partial charge in [-0.05, 0) is 11.1 Å². The van der Waals surface area contributed by atoms with Gasteiger partial charge in [0.05, 0.1) is 11.7 Å². The van der Waals surface area contributed by atoms with Crippen LogP contribution in [0.25, 0.3) is 0 Å². The molecule has 5 nitrogen and oxygen atoms in total. The highest BCUT2D eigenvalue weighted by molar-refractivity contribution is 7.13. The number of nitrogens with one attached hydrogen (secondary N) is 1. The molecule has 1 N–H and O–H groups in total. The minimum absolute atomic E-state index is 0.0765. The van der Waals surface area contributed by atoms with Crippen molar-refractivity contribution in [3.05, 3.63) is 82.9 Å². The van der Waals surface area contributed by atoms with Crippen LogP contribution < -0.4 is 5.32 Å². The highest BCUT2D eigenvalue weighted by Crippen LogP contribution is 2.29. The van der Waals surface area contributed by atoms with Crippen LogP contribution in [0.15, 0.2) is 66.0 Å². The van der Waals surface area contributed by atoms with E-state index in [1.807, 2.05) is 5.38 Å². The van der Waals surface area contributed by atoms with Crippen LogP contribution in [0.4, 0.5) is 5.13 Å². The fraction of sp³-hybridized carbons (Fsp3) is 0.304. The van der Waals surface area contributed by atoms with Crippen LogP contribution in [-0.4, -0.2) is 46.9 Å². The van der Waals surface area contributed by atoms with Gasteiger partial charge >= 0.3 is 0 Å². The minimum Gasteiger partial charge on any atom is -0.302 e. The quantitative estimate of drug-likeness (QED) is 0.672. The molecule has 2 aromatic carbocycles. The van der Waals surface area contributed by atoms with Crippen LogP contribution in [0, 0.1) is 0 Å². The van der Waals surface area contributed by atoms with Crippen molar-refractivity contribution < 1.29 is 4.79 Å². The average Bonchev–Trinajstić information content (AvgIpc) is 3.17. The van der Waals surface area contributed by atoms with Crippen LogP contribution in [0.2, 0.25) is 0 Å². The van der Waals surface area contributed by atoms with Gasteiger partial charge in [-0.25, -0.2) is 4.98 Å². The molecule has 0 unspecified atom stereocenters. The fourth-order valence-electron chi connectivity index (χ4n) is 3.88. The van der Waals surface area contributed by atoms with Gasteiger partial charge in [0.25, 0.3) is 0 Å². The molecule has 0 saturated carbocycles. The number of thiazole rings is 1. The summed E-state index contributed by atoms with van der Waals surface area (Å²) in [5.74, 6) is -0.0765. The van der Waals surface area contributed by atoms with Crippen molar-refractivity contribution in [2.45, 2.75) is 19.5 Å². The van der Waals surface area contributed by atoms with E-state index in [0.717, 1.165) is 38.4 Å². The molecular weight excluding hydrogens is 380 g/mol. The predicted molar refractivity (Wildman–Crippen MR) is 118 cm³/mol. The molecule has 0 spiro atoms. The van der Waals surface area contributed by atoms with E-state index < -0.39 is 0 Å². The third-order valence-electron chi connectivity index (χ3n) is 5.22. The minimum atomic E-state index is -0.0765. The number of rotatable bonds is 6. The Bertz CT molecular complexity index is 881. The zero-order valence-electron chi connectivity index (χ0n) is 16.6. The maximum atomic E-state index is 11.2. The Morgan fingerprint density at radius 1 is 1.00 bits per heavy atom. The summed E-state index contributed by atoms with van der Waals surface area (Å²) < 4.78 is 0. The number of anilines is 1. The first kappa shape index (κ1) is 19.8. The van der Waals surface area contributed by atoms with Crippen molar-refractivity contribution in [1.29, 1.82) is 0 Å². The SMILES string of the molecule is CC(=O)Nc1nc(CN2CCN(C(c3ccccc3)c3ccccc3)CC2)cs1. The van der Waals surface area contributed by atoms with Crippen LogP contribution in [0.5, 0.6) is 0 Å². The molecule has 1 saturated heterocycles. The predicted octanol–water partition coefficient (Wildman–Crippen LogP) is 4.01. The number of piperazine rings is 1. The van der Waals surface area contributed by atoms with Gasteiger partial charge in [0.15, 0.2) is 5.13 Å². The molecule has 1 fully saturated rings. The van der Waals surface area contributed by atoms with Gasteiger partial charge in [0, 0.05) is 45.0 Å². The van der Waals surface area contributed by atoms with Gasteiger partial charge in [-0.15, -0.1) is 11.3 Å². The van der Waals surface area contributed by atoms with Crippen LogP contribution in [0.3, 0.4) is 0 Å². The van der Waals surface area contributed by atoms with Gasteiger partial charge < -0.3 is 5.32 Å². The molecule has 2 heterocycles. The fourth-order valence-corrected chi connectivity index (χ4v) is 4.63. The maximum Gasteiger partial charge on any atom is 0.223 e. The molecule has 0 atom stereocenters. The van der Waals surface area contributed by atoms with Crippen molar-refractivity contribution in [1.82, 2.24) is 14.8 Å². The normalized spacial score (nSPS) is 15.5. The number of hydrogen-bond donors (Lipinski definition) is 1. The Balaban J connectivity index is 1.42. The van der Waals surface area contributed by atoms with E-state index in [1.54, 1.807) is 0 Å². The molecule has 1 amide bonds. The van der Waals surface area contributed by atoms with E-state index in [1.165, 1.54) is 29.4 Å². The molecule has 3 aromatic rings. The summed E-state index contributed by atoms with van der Waals surface area (Å²) in [6, 6.07) is 21.8. The molecule has 1 aliphatic heterocycles. The van der Waals surface area contributed by atoms with Crippen LogP contribution in [-0.2, 0) is 11.3 Å². The Morgan fingerprint density at radius 2 is 1.59 bits per heavy atom. The summed E-state index contributed by atoms with van der Waals surface area (Å²) in [5, 5.41) is 5.48. The van der Waals surface area contributed by atoms with Crippen molar-refractivity contribution >= 4 is 22.4 Å². The lowest BCUT2D eigenvalue weighted by molar-refractivity contribution is -0.114. The Labute approximate surface area is 176 Å². The van der Waals surface area contributed by atoms with E-state index in [9.17, 15) is 4.79 Å². The molecule has 150 valence electrons. The van der Waals surface area contributed by atoms with Crippen molar-refractivity contribution in [2.75, 3.05) is 31.5 Å². The van der Waals surface area contributed by atoms with Crippen molar-refractivity contribution in [2.24, 2.45) is 0 Å². The molecule has 0 radical (unpaired) electrons. The van der Waals surface area contributed by atoms with E-state index in [4.69, 9.17) is 0 Å². The van der Waals surface area contributed by atoms with Gasteiger partial charge in [-0.3, -0.25) is 14.6 Å². The summed E-state index contributed by atoms with van der Waals surface area (Å²) in [7, 11) is 0. The number of hydrogen-bond acceptors (Lipinski definition) is 5. The topological polar surface area (TPSA) is 48.5 Å². The van der Waals surface area contributed by atoms with Crippen molar-refractivity contribution in [3.8, 4) is 0 Å². The third kappa shape index (κ3) is 5.09. The number of carbonyl (C=O) groups excluding carboxylic acids is 1. The number of aromatic nitrogens is 1. The molecule has 0 bridgehead atoms. The first-order chi connectivity index (χ1) is 14.2. The molecule has 6 heteroatoms. The first-order valence-corrected chi connectivity index (χ1v) is 10.9. The molecule has 29 heavy (non-hydrogen) atoms. The number of nitrogens with zero attached hydrogens (tertiary/aromatic N) is 3. The zero-order valence-corrected chi connectivity index (χ0v) is 17.4. The standard InChI is InChI=1S/C23H26N4OS/c1-18(28)24-23-25-21(17-29-23)16-26-12-14-27(15-13-26)22(19-8-4-2-5-9-19)20-10-6-3-7-11-20/h2-11,17,22H,12-16H2,1H3,(H,24,25,28). The van der Waals surface area contributed by atoms with Crippen LogP contribution in [0.1, 0.15) is 29.8 Å². The van der Waals surface area contributed by atoms with Gasteiger partial charge in [0.2, 0.25) is 5.91 Å². The van der Waals surface area contributed by atoms with E-state index in [2.05, 4.69) is 80.8 Å². The molecule has 0 aliphatic carbocycles. The average molecular weight is 407 g/mol.